The lowest BCUT2D eigenvalue weighted by Crippen LogP contribution is -2.00. The van der Waals surface area contributed by atoms with Crippen LogP contribution in [0.5, 0.6) is 0 Å². The topological polar surface area (TPSA) is 56.7 Å². The van der Waals surface area contributed by atoms with Crippen LogP contribution in [-0.4, -0.2) is 19.5 Å². The molecule has 0 unspecified atom stereocenters. The van der Waals surface area contributed by atoms with Crippen molar-refractivity contribution in [2.24, 2.45) is 0 Å². The van der Waals surface area contributed by atoms with E-state index in [2.05, 4.69) is 126 Å². The molecule has 0 atom stereocenters. The highest BCUT2D eigenvalue weighted by Crippen LogP contribution is 2.42. The minimum absolute atomic E-state index is 0.575. The standard InChI is InChI=1S/C51H30N4OS/c1-3-13-31(14-4-1)49-52-50(54-51(53-49)41-22-12-21-40-37-18-8-10-24-44(37)56-48(40)41)33-26-28-45-42(29-33)38-27-25-32(30-46(38)57-45)35-19-11-20-39-36-17-7-9-23-43(36)55(47(35)39)34-15-5-2-6-16-34/h1-30H. The van der Waals surface area contributed by atoms with Gasteiger partial charge < -0.3 is 8.98 Å². The molecule has 0 radical (unpaired) electrons. The van der Waals surface area contributed by atoms with Crippen molar-refractivity contribution in [3.63, 3.8) is 0 Å². The van der Waals surface area contributed by atoms with Crippen molar-refractivity contribution < 1.29 is 4.42 Å². The Labute approximate surface area is 330 Å². The highest BCUT2D eigenvalue weighted by atomic mass is 32.1. The summed E-state index contributed by atoms with van der Waals surface area (Å²) in [7, 11) is 0. The summed E-state index contributed by atoms with van der Waals surface area (Å²) >= 11 is 1.82. The number of benzene rings is 8. The van der Waals surface area contributed by atoms with E-state index in [9.17, 15) is 0 Å². The molecule has 0 saturated carbocycles. The van der Waals surface area contributed by atoms with E-state index in [1.807, 2.05) is 72.0 Å². The van der Waals surface area contributed by atoms with Crippen LogP contribution >= 0.6 is 11.3 Å². The second kappa shape index (κ2) is 12.6. The van der Waals surface area contributed by atoms with Crippen LogP contribution in [0, 0.1) is 0 Å². The monoisotopic (exact) mass is 746 g/mol. The van der Waals surface area contributed by atoms with E-state index in [0.717, 1.165) is 44.3 Å². The maximum absolute atomic E-state index is 6.43. The molecule has 12 rings (SSSR count). The van der Waals surface area contributed by atoms with Gasteiger partial charge in [-0.1, -0.05) is 127 Å². The lowest BCUT2D eigenvalue weighted by Gasteiger charge is -2.12. The number of hydrogen-bond donors (Lipinski definition) is 0. The fourth-order valence-electron chi connectivity index (χ4n) is 8.45. The summed E-state index contributed by atoms with van der Waals surface area (Å²) in [6.45, 7) is 0. The van der Waals surface area contributed by atoms with E-state index in [4.69, 9.17) is 19.4 Å². The normalized spacial score (nSPS) is 11.9. The third kappa shape index (κ3) is 5.04. The number of nitrogens with zero attached hydrogens (tertiary/aromatic N) is 4. The molecule has 0 aliphatic rings. The van der Waals surface area contributed by atoms with Crippen LogP contribution < -0.4 is 0 Å². The van der Waals surface area contributed by atoms with Gasteiger partial charge in [-0.05, 0) is 60.2 Å². The molecule has 6 heteroatoms. The summed E-state index contributed by atoms with van der Waals surface area (Å²) in [4.78, 5) is 15.3. The van der Waals surface area contributed by atoms with Gasteiger partial charge in [-0.15, -0.1) is 11.3 Å². The van der Waals surface area contributed by atoms with Gasteiger partial charge in [0.05, 0.1) is 16.6 Å². The average Bonchev–Trinajstić information content (AvgIpc) is 3.96. The molecule has 4 heterocycles. The van der Waals surface area contributed by atoms with Crippen molar-refractivity contribution in [2.75, 3.05) is 0 Å². The van der Waals surface area contributed by atoms with Crippen molar-refractivity contribution in [3.05, 3.63) is 182 Å². The summed E-state index contributed by atoms with van der Waals surface area (Å²) in [6, 6.07) is 63.9. The van der Waals surface area contributed by atoms with Crippen LogP contribution in [0.3, 0.4) is 0 Å². The van der Waals surface area contributed by atoms with Gasteiger partial charge in [0.1, 0.15) is 11.2 Å². The SMILES string of the molecule is c1ccc(-c2nc(-c3ccc4sc5cc(-c6cccc7c8ccccc8n(-c8ccccc8)c67)ccc5c4c3)nc(-c3cccc4c3oc3ccccc34)n2)cc1. The first kappa shape index (κ1) is 31.9. The third-order valence-corrected chi connectivity index (χ3v) is 12.2. The first-order valence-electron chi connectivity index (χ1n) is 19.0. The van der Waals surface area contributed by atoms with E-state index in [1.54, 1.807) is 0 Å². The fraction of sp³-hybridized carbons (Fsp3) is 0. The lowest BCUT2D eigenvalue weighted by molar-refractivity contribution is 0.669. The fourth-order valence-corrected chi connectivity index (χ4v) is 9.57. The first-order valence-corrected chi connectivity index (χ1v) is 19.8. The smallest absolute Gasteiger partial charge is 0.167 e. The highest BCUT2D eigenvalue weighted by Gasteiger charge is 2.20. The van der Waals surface area contributed by atoms with Gasteiger partial charge in [0.25, 0.3) is 0 Å². The third-order valence-electron chi connectivity index (χ3n) is 11.1. The maximum Gasteiger partial charge on any atom is 0.167 e. The zero-order valence-corrected chi connectivity index (χ0v) is 31.2. The Morgan fingerprint density at radius 3 is 1.93 bits per heavy atom. The number of aromatic nitrogens is 4. The molecule has 5 nitrogen and oxygen atoms in total. The molecule has 8 aromatic carbocycles. The molecule has 57 heavy (non-hydrogen) atoms. The van der Waals surface area contributed by atoms with Crippen LogP contribution in [0.2, 0.25) is 0 Å². The molecule has 266 valence electrons. The molecule has 0 spiro atoms. The Hall–Kier alpha value is -7.41. The van der Waals surface area contributed by atoms with Gasteiger partial charge in [0, 0.05) is 64.1 Å². The van der Waals surface area contributed by atoms with E-state index >= 15 is 0 Å². The Bertz CT molecular complexity index is 3530. The molecular weight excluding hydrogens is 717 g/mol. The van der Waals surface area contributed by atoms with E-state index in [0.29, 0.717) is 17.5 Å². The summed E-state index contributed by atoms with van der Waals surface area (Å²) in [6.07, 6.45) is 0. The molecule has 0 aliphatic carbocycles. The van der Waals surface area contributed by atoms with Gasteiger partial charge in [0.15, 0.2) is 17.5 Å². The minimum Gasteiger partial charge on any atom is -0.455 e. The number of fused-ring (bicyclic) bond motifs is 9. The Balaban J connectivity index is 1.02. The van der Waals surface area contributed by atoms with E-state index < -0.39 is 0 Å². The zero-order valence-electron chi connectivity index (χ0n) is 30.4. The lowest BCUT2D eigenvalue weighted by atomic mass is 10.00. The number of rotatable bonds is 5. The van der Waals surface area contributed by atoms with Crippen LogP contribution in [0.1, 0.15) is 0 Å². The van der Waals surface area contributed by atoms with Crippen molar-refractivity contribution in [2.45, 2.75) is 0 Å². The molecule has 12 aromatic rings. The average molecular weight is 747 g/mol. The van der Waals surface area contributed by atoms with Crippen molar-refractivity contribution in [1.29, 1.82) is 0 Å². The predicted molar refractivity (Wildman–Crippen MR) is 236 cm³/mol. The van der Waals surface area contributed by atoms with Crippen LogP contribution in [0.15, 0.2) is 186 Å². The molecular formula is C51H30N4OS. The largest absolute Gasteiger partial charge is 0.455 e. The number of para-hydroxylation sites is 5. The summed E-state index contributed by atoms with van der Waals surface area (Å²) in [5, 5.41) is 6.99. The second-order valence-corrected chi connectivity index (χ2v) is 15.5. The van der Waals surface area contributed by atoms with Crippen molar-refractivity contribution >= 4 is 75.3 Å². The van der Waals surface area contributed by atoms with E-state index in [1.165, 1.54) is 53.1 Å². The van der Waals surface area contributed by atoms with Gasteiger partial charge in [-0.25, -0.2) is 15.0 Å². The second-order valence-electron chi connectivity index (χ2n) is 14.4. The van der Waals surface area contributed by atoms with Crippen molar-refractivity contribution in [1.82, 2.24) is 19.5 Å². The summed E-state index contributed by atoms with van der Waals surface area (Å²) in [5.41, 5.74) is 10.3. The highest BCUT2D eigenvalue weighted by molar-refractivity contribution is 7.25. The first-order chi connectivity index (χ1) is 28.2. The van der Waals surface area contributed by atoms with Gasteiger partial charge in [-0.2, -0.15) is 0 Å². The quantitative estimate of drug-likeness (QED) is 0.176. The molecule has 0 aliphatic heterocycles. The van der Waals surface area contributed by atoms with Gasteiger partial charge in [0.2, 0.25) is 0 Å². The Kier molecular flexibility index (Phi) is 7.03. The molecule has 0 N–H and O–H groups in total. The Morgan fingerprint density at radius 1 is 0.404 bits per heavy atom. The van der Waals surface area contributed by atoms with Crippen LogP contribution in [0.4, 0.5) is 0 Å². The van der Waals surface area contributed by atoms with Crippen molar-refractivity contribution in [3.8, 4) is 51.0 Å². The predicted octanol–water partition coefficient (Wildman–Crippen LogP) is 13.9. The van der Waals surface area contributed by atoms with Gasteiger partial charge in [-0.3, -0.25) is 0 Å². The number of furan rings is 1. The molecule has 0 saturated heterocycles. The minimum atomic E-state index is 0.575. The Morgan fingerprint density at radius 2 is 1.07 bits per heavy atom. The molecule has 0 fully saturated rings. The zero-order chi connectivity index (χ0) is 37.5. The number of thiophene rings is 1. The molecule has 4 aromatic heterocycles. The van der Waals surface area contributed by atoms with Crippen LogP contribution in [-0.2, 0) is 0 Å². The summed E-state index contributed by atoms with van der Waals surface area (Å²) in [5.74, 6) is 1.81. The molecule has 0 amide bonds. The van der Waals surface area contributed by atoms with E-state index in [-0.39, 0.29) is 0 Å². The maximum atomic E-state index is 6.43. The molecule has 0 bridgehead atoms. The summed E-state index contributed by atoms with van der Waals surface area (Å²) < 4.78 is 11.3. The van der Waals surface area contributed by atoms with Gasteiger partial charge >= 0.3 is 0 Å². The number of hydrogen-bond acceptors (Lipinski definition) is 5. The van der Waals surface area contributed by atoms with Crippen LogP contribution in [0.25, 0.3) is 115 Å².